The van der Waals surface area contributed by atoms with Gasteiger partial charge in [-0.2, -0.15) is 0 Å². The number of hydrogen-bond acceptors (Lipinski definition) is 8. The Labute approximate surface area is 135 Å². The van der Waals surface area contributed by atoms with E-state index in [0.717, 1.165) is 6.08 Å². The summed E-state index contributed by atoms with van der Waals surface area (Å²) in [5.41, 5.74) is 6.29. The third-order valence-corrected chi connectivity index (χ3v) is 4.30. The summed E-state index contributed by atoms with van der Waals surface area (Å²) in [5.74, 6) is -0.493. The van der Waals surface area contributed by atoms with Crippen LogP contribution in [-0.4, -0.2) is 43.7 Å². The standard InChI is InChI=1S/C12H15FN5O5P/c1-2-22-24(19,20)6-21-8-3-7(13)12(23-8)18-5-17-9-10(14)15-4-16-11(9)18/h3-5,8,12H,2,6H2,1H3,(H,19,20)(H2,14,15,16)/t8-,12+/m0/s1. The molecule has 0 fully saturated rings. The van der Waals surface area contributed by atoms with Gasteiger partial charge in [-0.3, -0.25) is 9.13 Å². The Morgan fingerprint density at radius 3 is 3.04 bits per heavy atom. The Balaban J connectivity index is 1.74. The summed E-state index contributed by atoms with van der Waals surface area (Å²) in [4.78, 5) is 21.3. The van der Waals surface area contributed by atoms with Crippen molar-refractivity contribution in [2.45, 2.75) is 19.4 Å². The summed E-state index contributed by atoms with van der Waals surface area (Å²) in [5, 5.41) is 0. The predicted octanol–water partition coefficient (Wildman–Crippen LogP) is 1.31. The number of rotatable bonds is 6. The first-order valence-electron chi connectivity index (χ1n) is 6.95. The largest absolute Gasteiger partial charge is 0.382 e. The lowest BCUT2D eigenvalue weighted by atomic mass is 10.4. The van der Waals surface area contributed by atoms with Crippen LogP contribution < -0.4 is 5.73 Å². The van der Waals surface area contributed by atoms with Crippen molar-refractivity contribution in [2.24, 2.45) is 0 Å². The second-order valence-electron chi connectivity index (χ2n) is 4.84. The fourth-order valence-electron chi connectivity index (χ4n) is 2.18. The number of anilines is 1. The first kappa shape index (κ1) is 16.9. The molecule has 0 amide bonds. The van der Waals surface area contributed by atoms with Gasteiger partial charge >= 0.3 is 7.60 Å². The maximum Gasteiger partial charge on any atom is 0.353 e. The normalized spacial score (nSPS) is 23.4. The van der Waals surface area contributed by atoms with E-state index in [1.807, 2.05) is 0 Å². The monoisotopic (exact) mass is 359 g/mol. The van der Waals surface area contributed by atoms with E-state index in [-0.39, 0.29) is 12.4 Å². The van der Waals surface area contributed by atoms with Gasteiger partial charge in [-0.15, -0.1) is 0 Å². The number of halogens is 1. The van der Waals surface area contributed by atoms with Crippen LogP contribution in [0.25, 0.3) is 11.2 Å². The van der Waals surface area contributed by atoms with E-state index in [0.29, 0.717) is 11.2 Å². The van der Waals surface area contributed by atoms with Crippen molar-refractivity contribution in [3.05, 3.63) is 24.6 Å². The van der Waals surface area contributed by atoms with E-state index in [1.165, 1.54) is 17.2 Å². The molecule has 3 heterocycles. The molecular formula is C12H15FN5O5P. The van der Waals surface area contributed by atoms with Crippen LogP contribution in [0.4, 0.5) is 10.2 Å². The highest BCUT2D eigenvalue weighted by atomic mass is 31.2. The third kappa shape index (κ3) is 3.30. The molecule has 0 aromatic carbocycles. The predicted molar refractivity (Wildman–Crippen MR) is 80.2 cm³/mol. The molecule has 0 aliphatic carbocycles. The topological polar surface area (TPSA) is 135 Å². The van der Waals surface area contributed by atoms with Gasteiger partial charge in [-0.05, 0) is 6.92 Å². The molecule has 0 spiro atoms. The fraction of sp³-hybridized carbons (Fsp3) is 0.417. The maximum absolute atomic E-state index is 14.2. The van der Waals surface area contributed by atoms with Gasteiger partial charge in [0.05, 0.1) is 12.9 Å². The molecule has 0 saturated carbocycles. The van der Waals surface area contributed by atoms with Gasteiger partial charge in [0.15, 0.2) is 36.2 Å². The molecule has 3 N–H and O–H groups in total. The minimum atomic E-state index is -3.90. The average molecular weight is 359 g/mol. The number of fused-ring (bicyclic) bond motifs is 1. The molecule has 10 nitrogen and oxygen atoms in total. The molecule has 0 saturated heterocycles. The number of hydrogen-bond donors (Lipinski definition) is 2. The van der Waals surface area contributed by atoms with Gasteiger partial charge in [-0.1, -0.05) is 0 Å². The lowest BCUT2D eigenvalue weighted by Gasteiger charge is -2.17. The van der Waals surface area contributed by atoms with Crippen LogP contribution in [0.3, 0.4) is 0 Å². The number of imidazole rings is 1. The van der Waals surface area contributed by atoms with Crippen LogP contribution in [0.2, 0.25) is 0 Å². The van der Waals surface area contributed by atoms with Crippen molar-refractivity contribution >= 4 is 24.6 Å². The molecule has 3 rings (SSSR count). The lowest BCUT2D eigenvalue weighted by molar-refractivity contribution is -0.130. The summed E-state index contributed by atoms with van der Waals surface area (Å²) in [6.45, 7) is 1.62. The maximum atomic E-state index is 14.2. The van der Waals surface area contributed by atoms with Gasteiger partial charge in [-0.25, -0.2) is 19.3 Å². The highest BCUT2D eigenvalue weighted by molar-refractivity contribution is 7.52. The highest BCUT2D eigenvalue weighted by Crippen LogP contribution is 2.43. The number of nitrogens with zero attached hydrogens (tertiary/aromatic N) is 4. The van der Waals surface area contributed by atoms with E-state index in [1.54, 1.807) is 6.92 Å². The average Bonchev–Trinajstić information content (AvgIpc) is 3.09. The third-order valence-electron chi connectivity index (χ3n) is 3.17. The molecule has 2 aromatic rings. The molecule has 1 aliphatic rings. The second kappa shape index (κ2) is 6.54. The van der Waals surface area contributed by atoms with Crippen LogP contribution in [0.15, 0.2) is 24.6 Å². The lowest BCUT2D eigenvalue weighted by Crippen LogP contribution is -2.17. The summed E-state index contributed by atoms with van der Waals surface area (Å²) < 4.78 is 42.2. The van der Waals surface area contributed by atoms with E-state index < -0.39 is 32.3 Å². The molecule has 3 atom stereocenters. The van der Waals surface area contributed by atoms with Crippen molar-refractivity contribution in [2.75, 3.05) is 18.7 Å². The van der Waals surface area contributed by atoms with Crippen LogP contribution in [0.5, 0.6) is 0 Å². The van der Waals surface area contributed by atoms with Crippen molar-refractivity contribution in [1.29, 1.82) is 0 Å². The summed E-state index contributed by atoms with van der Waals surface area (Å²) in [6, 6.07) is 0. The van der Waals surface area contributed by atoms with E-state index >= 15 is 0 Å². The zero-order valence-corrected chi connectivity index (χ0v) is 13.5. The van der Waals surface area contributed by atoms with Crippen LogP contribution in [0, 0.1) is 0 Å². The van der Waals surface area contributed by atoms with Crippen molar-refractivity contribution in [3.8, 4) is 0 Å². The van der Waals surface area contributed by atoms with Gasteiger partial charge in [0.25, 0.3) is 0 Å². The first-order chi connectivity index (χ1) is 11.4. The number of aromatic nitrogens is 4. The van der Waals surface area contributed by atoms with Crippen molar-refractivity contribution < 1.29 is 27.8 Å². The molecule has 24 heavy (non-hydrogen) atoms. The van der Waals surface area contributed by atoms with Crippen LogP contribution in [0.1, 0.15) is 13.2 Å². The Morgan fingerprint density at radius 1 is 1.50 bits per heavy atom. The summed E-state index contributed by atoms with van der Waals surface area (Å²) in [6.07, 6.45) is 0.652. The van der Waals surface area contributed by atoms with E-state index in [4.69, 9.17) is 15.2 Å². The fourth-order valence-corrected chi connectivity index (χ4v) is 2.99. The molecule has 1 unspecified atom stereocenters. The van der Waals surface area contributed by atoms with Crippen LogP contribution >= 0.6 is 7.60 Å². The molecule has 0 radical (unpaired) electrons. The van der Waals surface area contributed by atoms with Crippen molar-refractivity contribution in [3.63, 3.8) is 0 Å². The Hall–Kier alpha value is -1.91. The minimum absolute atomic E-state index is 0.0532. The summed E-state index contributed by atoms with van der Waals surface area (Å²) >= 11 is 0. The minimum Gasteiger partial charge on any atom is -0.382 e. The van der Waals surface area contributed by atoms with Gasteiger partial charge < -0.3 is 24.6 Å². The number of nitrogens with two attached hydrogens (primary N) is 1. The van der Waals surface area contributed by atoms with Gasteiger partial charge in [0.1, 0.15) is 11.8 Å². The quantitative estimate of drug-likeness (QED) is 0.732. The second-order valence-corrected chi connectivity index (χ2v) is 6.63. The molecule has 0 bridgehead atoms. The number of nitrogen functional groups attached to an aromatic ring is 1. The number of ether oxygens (including phenoxy) is 2. The molecular weight excluding hydrogens is 344 g/mol. The van der Waals surface area contributed by atoms with E-state index in [9.17, 15) is 13.8 Å². The Kier molecular flexibility index (Phi) is 4.61. The zero-order chi connectivity index (χ0) is 17.3. The molecule has 12 heteroatoms. The SMILES string of the molecule is CCOP(=O)(O)CO[C@@H]1C=C(F)[C@H](n2cnc3c(N)ncnc32)O1. The first-order valence-corrected chi connectivity index (χ1v) is 8.71. The highest BCUT2D eigenvalue weighted by Gasteiger charge is 2.33. The van der Waals surface area contributed by atoms with Gasteiger partial charge in [0, 0.05) is 6.08 Å². The molecule has 130 valence electrons. The molecule has 1 aliphatic heterocycles. The van der Waals surface area contributed by atoms with E-state index in [2.05, 4.69) is 19.5 Å². The summed E-state index contributed by atoms with van der Waals surface area (Å²) in [7, 11) is -3.90. The van der Waals surface area contributed by atoms with Crippen molar-refractivity contribution in [1.82, 2.24) is 19.5 Å². The van der Waals surface area contributed by atoms with Crippen LogP contribution in [-0.2, 0) is 18.6 Å². The zero-order valence-electron chi connectivity index (χ0n) is 12.6. The smallest absolute Gasteiger partial charge is 0.353 e. The Morgan fingerprint density at radius 2 is 2.29 bits per heavy atom. The Bertz CT molecular complexity index is 827. The molecule has 2 aromatic heterocycles. The van der Waals surface area contributed by atoms with Gasteiger partial charge in [0.2, 0.25) is 0 Å².